The molecular formula is C20H20FN3O2. The number of nitrogens with two attached hydrogens (primary N) is 1. The molecule has 0 aromatic heterocycles. The minimum absolute atomic E-state index is 0.0501. The van der Waals surface area contributed by atoms with Crippen LogP contribution in [0.5, 0.6) is 5.75 Å². The van der Waals surface area contributed by atoms with E-state index >= 15 is 0 Å². The lowest BCUT2D eigenvalue weighted by atomic mass is 9.85. The Bertz CT molecular complexity index is 902. The Kier molecular flexibility index (Phi) is 5.32. The summed E-state index contributed by atoms with van der Waals surface area (Å²) in [5.74, 6) is -1.62. The van der Waals surface area contributed by atoms with Gasteiger partial charge in [-0.1, -0.05) is 18.7 Å². The van der Waals surface area contributed by atoms with Crippen LogP contribution in [0.3, 0.4) is 0 Å². The second kappa shape index (κ2) is 7.28. The van der Waals surface area contributed by atoms with Crippen LogP contribution in [0.1, 0.15) is 29.8 Å². The van der Waals surface area contributed by atoms with Gasteiger partial charge in [0.15, 0.2) is 0 Å². The molecule has 3 N–H and O–H groups in total. The molecule has 0 atom stereocenters. The number of rotatable bonds is 5. The van der Waals surface area contributed by atoms with Gasteiger partial charge in [0, 0.05) is 17.5 Å². The maximum Gasteiger partial charge on any atom is 0.255 e. The number of allylic oxidation sites excluding steroid dienone is 5. The fourth-order valence-electron chi connectivity index (χ4n) is 2.57. The first-order chi connectivity index (χ1) is 12.2. The predicted molar refractivity (Wildman–Crippen MR) is 98.3 cm³/mol. The number of amides is 1. The van der Waals surface area contributed by atoms with E-state index in [2.05, 4.69) is 18.0 Å². The Balaban J connectivity index is 2.51. The van der Waals surface area contributed by atoms with Gasteiger partial charge in [-0.25, -0.2) is 4.39 Å². The predicted octanol–water partition coefficient (Wildman–Crippen LogP) is 3.42. The maximum atomic E-state index is 14.4. The van der Waals surface area contributed by atoms with E-state index in [9.17, 15) is 14.4 Å². The molecular weight excluding hydrogens is 333 g/mol. The monoisotopic (exact) mass is 353 g/mol. The van der Waals surface area contributed by atoms with E-state index in [1.54, 1.807) is 18.4 Å². The smallest absolute Gasteiger partial charge is 0.255 e. The molecule has 134 valence electrons. The second-order valence-electron chi connectivity index (χ2n) is 6.25. The molecule has 1 heterocycles. The number of nitrogens with one attached hydrogen (secondary N) is 1. The Morgan fingerprint density at radius 3 is 2.58 bits per heavy atom. The van der Waals surface area contributed by atoms with Crippen molar-refractivity contribution in [2.24, 2.45) is 11.1 Å². The van der Waals surface area contributed by atoms with Gasteiger partial charge in [-0.05, 0) is 43.2 Å². The van der Waals surface area contributed by atoms with Gasteiger partial charge in [-0.2, -0.15) is 5.26 Å². The van der Waals surface area contributed by atoms with E-state index in [-0.39, 0.29) is 11.3 Å². The number of nitrogens with zero attached hydrogens (tertiary/aromatic N) is 1. The molecule has 5 nitrogen and oxygen atoms in total. The molecule has 1 aromatic carbocycles. The molecule has 6 heteroatoms. The van der Waals surface area contributed by atoms with Crippen LogP contribution in [0.15, 0.2) is 54.4 Å². The van der Waals surface area contributed by atoms with E-state index in [1.807, 2.05) is 19.9 Å². The third kappa shape index (κ3) is 3.52. The van der Waals surface area contributed by atoms with E-state index in [1.165, 1.54) is 19.2 Å². The fourth-order valence-corrected chi connectivity index (χ4v) is 2.57. The molecule has 26 heavy (non-hydrogen) atoms. The van der Waals surface area contributed by atoms with Gasteiger partial charge in [-0.3, -0.25) is 4.79 Å². The highest BCUT2D eigenvalue weighted by molar-refractivity contribution is 5.96. The first kappa shape index (κ1) is 19.0. The number of halogens is 1. The van der Waals surface area contributed by atoms with Crippen LogP contribution in [0.2, 0.25) is 0 Å². The molecule has 1 aliphatic heterocycles. The molecule has 0 saturated carbocycles. The van der Waals surface area contributed by atoms with Crippen molar-refractivity contribution >= 4 is 11.5 Å². The first-order valence-electron chi connectivity index (χ1n) is 7.86. The summed E-state index contributed by atoms with van der Waals surface area (Å²) < 4.78 is 19.5. The van der Waals surface area contributed by atoms with Crippen molar-refractivity contribution in [1.29, 1.82) is 5.26 Å². The number of methoxy groups -OCH3 is 1. The van der Waals surface area contributed by atoms with Crippen LogP contribution in [-0.2, 0) is 0 Å². The summed E-state index contributed by atoms with van der Waals surface area (Å²) in [5.41, 5.74) is 6.86. The molecule has 0 radical (unpaired) electrons. The van der Waals surface area contributed by atoms with E-state index in [4.69, 9.17) is 10.5 Å². The van der Waals surface area contributed by atoms with Crippen LogP contribution in [0.4, 0.5) is 4.39 Å². The number of carbonyl (C=O) groups excluding carboxylic acids is 1. The van der Waals surface area contributed by atoms with Gasteiger partial charge in [0.05, 0.1) is 18.6 Å². The molecule has 0 saturated heterocycles. The third-order valence-corrected chi connectivity index (χ3v) is 4.14. The number of dihydropyridines is 1. The molecule has 0 spiro atoms. The van der Waals surface area contributed by atoms with Crippen LogP contribution >= 0.6 is 0 Å². The largest absolute Gasteiger partial charge is 0.496 e. The Morgan fingerprint density at radius 1 is 1.42 bits per heavy atom. The van der Waals surface area contributed by atoms with Crippen molar-refractivity contribution in [3.8, 4) is 11.8 Å². The third-order valence-electron chi connectivity index (χ3n) is 4.14. The Morgan fingerprint density at radius 2 is 2.12 bits per heavy atom. The molecule has 1 amide bonds. The minimum atomic E-state index is -0.902. The average Bonchev–Trinajstić information content (AvgIpc) is 2.61. The molecule has 1 aliphatic rings. The Hall–Kier alpha value is -3.33. The summed E-state index contributed by atoms with van der Waals surface area (Å²) in [6.07, 6.45) is 6.91. The summed E-state index contributed by atoms with van der Waals surface area (Å²) in [4.78, 5) is 11.4. The number of benzene rings is 1. The molecule has 0 unspecified atom stereocenters. The molecule has 0 bridgehead atoms. The lowest BCUT2D eigenvalue weighted by Gasteiger charge is -2.22. The molecule has 0 fully saturated rings. The van der Waals surface area contributed by atoms with Crippen molar-refractivity contribution < 1.29 is 13.9 Å². The quantitative estimate of drug-likeness (QED) is 0.849. The van der Waals surface area contributed by atoms with Crippen molar-refractivity contribution in [1.82, 2.24) is 5.32 Å². The van der Waals surface area contributed by atoms with Gasteiger partial charge in [0.1, 0.15) is 17.1 Å². The molecule has 2 rings (SSSR count). The number of hydrogen-bond donors (Lipinski definition) is 2. The lowest BCUT2D eigenvalue weighted by molar-refractivity contribution is 0.0993. The standard InChI is InChI=1S/C20H20FN3O2/c1-5-14(16-7-6-13(10-24-16)20(2,3)11-22)12-8-15(21)18(19(23)25)17(9-12)26-4/h5-10,24H,1H2,2-4H3,(H2,23,25)/b16-14+. The number of nitriles is 1. The van der Waals surface area contributed by atoms with Crippen LogP contribution in [-0.4, -0.2) is 13.0 Å². The molecule has 1 aromatic rings. The van der Waals surface area contributed by atoms with Crippen molar-refractivity contribution in [3.05, 3.63) is 71.4 Å². The molecule has 0 aliphatic carbocycles. The van der Waals surface area contributed by atoms with Gasteiger partial charge in [-0.15, -0.1) is 0 Å². The van der Waals surface area contributed by atoms with Gasteiger partial charge in [0.25, 0.3) is 5.91 Å². The normalized spacial score (nSPS) is 15.4. The zero-order valence-corrected chi connectivity index (χ0v) is 14.9. The average molecular weight is 353 g/mol. The van der Waals surface area contributed by atoms with Crippen molar-refractivity contribution in [2.45, 2.75) is 13.8 Å². The number of hydrogen-bond acceptors (Lipinski definition) is 4. The number of ether oxygens (including phenoxy) is 1. The lowest BCUT2D eigenvalue weighted by Crippen LogP contribution is -2.18. The number of carbonyl (C=O) groups is 1. The first-order valence-corrected chi connectivity index (χ1v) is 7.86. The van der Waals surface area contributed by atoms with Crippen LogP contribution < -0.4 is 15.8 Å². The van der Waals surface area contributed by atoms with Gasteiger partial charge in [0.2, 0.25) is 0 Å². The zero-order valence-electron chi connectivity index (χ0n) is 14.9. The number of primary amides is 1. The van der Waals surface area contributed by atoms with Crippen LogP contribution in [0, 0.1) is 22.6 Å². The highest BCUT2D eigenvalue weighted by atomic mass is 19.1. The van der Waals surface area contributed by atoms with Crippen LogP contribution in [0.25, 0.3) is 5.57 Å². The van der Waals surface area contributed by atoms with Gasteiger partial charge >= 0.3 is 0 Å². The highest BCUT2D eigenvalue weighted by Gasteiger charge is 2.23. The minimum Gasteiger partial charge on any atom is -0.496 e. The van der Waals surface area contributed by atoms with E-state index in [0.717, 1.165) is 5.57 Å². The summed E-state index contributed by atoms with van der Waals surface area (Å²) in [5, 5.41) is 12.3. The highest BCUT2D eigenvalue weighted by Crippen LogP contribution is 2.32. The summed E-state index contributed by atoms with van der Waals surface area (Å²) in [6, 6.07) is 4.97. The van der Waals surface area contributed by atoms with Crippen molar-refractivity contribution in [2.75, 3.05) is 7.11 Å². The Labute approximate surface area is 151 Å². The topological polar surface area (TPSA) is 88.1 Å². The summed E-state index contributed by atoms with van der Waals surface area (Å²) in [6.45, 7) is 7.41. The van der Waals surface area contributed by atoms with E-state index < -0.39 is 17.1 Å². The van der Waals surface area contributed by atoms with Crippen molar-refractivity contribution in [3.63, 3.8) is 0 Å². The van der Waals surface area contributed by atoms with Gasteiger partial charge < -0.3 is 15.8 Å². The van der Waals surface area contributed by atoms with E-state index in [0.29, 0.717) is 16.8 Å². The summed E-state index contributed by atoms with van der Waals surface area (Å²) in [7, 11) is 1.34. The maximum absolute atomic E-state index is 14.4. The second-order valence-corrected chi connectivity index (χ2v) is 6.25. The fraction of sp³-hybridized carbons (Fsp3) is 0.200. The summed E-state index contributed by atoms with van der Waals surface area (Å²) >= 11 is 0. The SMILES string of the molecule is C=C/C(=C1/C=CC(C(C)(C)C#N)=CN1)c1cc(F)c(C(N)=O)c(OC)c1. The zero-order chi connectivity index (χ0) is 19.5.